The summed E-state index contributed by atoms with van der Waals surface area (Å²) in [5.41, 5.74) is 2.14. The standard InChI is InChI=1S/C24H30N2O6S/c1-5-31-24(28)22(23(27)25-19(4)20-9-7-6-8-10-20)16-13-18(3)26-32-33(29,30)21-14-11-17(2)12-15-21/h6-12,14-15,19,22H,5,13,16H2,1-4H3,(H,25,27)/b26-18+/t19-,22?/m0/s1. The van der Waals surface area contributed by atoms with Gasteiger partial charge in [-0.05, 0) is 58.2 Å². The van der Waals surface area contributed by atoms with Crippen LogP contribution in [0.2, 0.25) is 0 Å². The van der Waals surface area contributed by atoms with Crippen molar-refractivity contribution in [2.75, 3.05) is 6.61 Å². The number of hydrogen-bond donors (Lipinski definition) is 1. The number of hydrogen-bond acceptors (Lipinski definition) is 7. The Morgan fingerprint density at radius 2 is 1.70 bits per heavy atom. The van der Waals surface area contributed by atoms with Gasteiger partial charge in [0.25, 0.3) is 0 Å². The molecule has 2 rings (SSSR count). The number of nitrogens with one attached hydrogen (secondary N) is 1. The van der Waals surface area contributed by atoms with Gasteiger partial charge in [0.1, 0.15) is 10.8 Å². The number of aryl methyl sites for hydroxylation is 1. The van der Waals surface area contributed by atoms with Crippen molar-refractivity contribution in [2.24, 2.45) is 11.1 Å². The summed E-state index contributed by atoms with van der Waals surface area (Å²) in [5, 5.41) is 6.52. The van der Waals surface area contributed by atoms with Crippen LogP contribution in [0.15, 0.2) is 64.6 Å². The van der Waals surface area contributed by atoms with Crippen molar-refractivity contribution < 1.29 is 27.0 Å². The van der Waals surface area contributed by atoms with Crippen molar-refractivity contribution in [3.05, 3.63) is 65.7 Å². The van der Waals surface area contributed by atoms with Crippen molar-refractivity contribution >= 4 is 27.7 Å². The van der Waals surface area contributed by atoms with E-state index in [0.29, 0.717) is 5.71 Å². The van der Waals surface area contributed by atoms with Crippen LogP contribution < -0.4 is 5.32 Å². The molecule has 0 aliphatic carbocycles. The molecule has 0 aliphatic rings. The van der Waals surface area contributed by atoms with E-state index in [9.17, 15) is 18.0 Å². The van der Waals surface area contributed by atoms with E-state index in [1.165, 1.54) is 12.1 Å². The predicted molar refractivity (Wildman–Crippen MR) is 125 cm³/mol. The minimum atomic E-state index is -4.06. The van der Waals surface area contributed by atoms with Crippen molar-refractivity contribution in [2.45, 2.75) is 51.5 Å². The molecule has 8 nitrogen and oxygen atoms in total. The van der Waals surface area contributed by atoms with E-state index < -0.39 is 27.9 Å². The maximum Gasteiger partial charge on any atom is 0.358 e. The van der Waals surface area contributed by atoms with Crippen molar-refractivity contribution in [3.8, 4) is 0 Å². The quantitative estimate of drug-likeness (QED) is 0.229. The molecule has 2 aromatic rings. The van der Waals surface area contributed by atoms with Crippen LogP contribution in [0.1, 0.15) is 50.8 Å². The molecule has 0 spiro atoms. The van der Waals surface area contributed by atoms with Crippen LogP contribution in [0.3, 0.4) is 0 Å². The van der Waals surface area contributed by atoms with Gasteiger partial charge in [0.05, 0.1) is 18.4 Å². The lowest BCUT2D eigenvalue weighted by Gasteiger charge is -2.19. The minimum Gasteiger partial charge on any atom is -0.465 e. The number of carbonyl (C=O) groups excluding carboxylic acids is 2. The fourth-order valence-corrected chi connectivity index (χ4v) is 3.78. The monoisotopic (exact) mass is 474 g/mol. The fraction of sp³-hybridized carbons (Fsp3) is 0.375. The molecule has 0 saturated heterocycles. The fourth-order valence-electron chi connectivity index (χ4n) is 3.00. The average molecular weight is 475 g/mol. The highest BCUT2D eigenvalue weighted by atomic mass is 32.2. The van der Waals surface area contributed by atoms with Crippen LogP contribution in [0.5, 0.6) is 0 Å². The van der Waals surface area contributed by atoms with Gasteiger partial charge in [-0.1, -0.05) is 53.2 Å². The van der Waals surface area contributed by atoms with Crippen molar-refractivity contribution in [1.29, 1.82) is 0 Å². The van der Waals surface area contributed by atoms with Gasteiger partial charge >= 0.3 is 16.1 Å². The van der Waals surface area contributed by atoms with Crippen LogP contribution >= 0.6 is 0 Å². The van der Waals surface area contributed by atoms with Crippen LogP contribution in [0, 0.1) is 12.8 Å². The molecule has 178 valence electrons. The Kier molecular flexibility index (Phi) is 9.59. The third-order valence-electron chi connectivity index (χ3n) is 4.94. The number of nitrogens with zero attached hydrogens (tertiary/aromatic N) is 1. The largest absolute Gasteiger partial charge is 0.465 e. The van der Waals surface area contributed by atoms with Crippen molar-refractivity contribution in [1.82, 2.24) is 5.32 Å². The number of rotatable bonds is 11. The Balaban J connectivity index is 2.03. The lowest BCUT2D eigenvalue weighted by molar-refractivity contribution is -0.152. The normalized spacial score (nSPS) is 13.6. The number of benzene rings is 2. The number of ether oxygens (including phenoxy) is 1. The zero-order valence-electron chi connectivity index (χ0n) is 19.3. The highest BCUT2D eigenvalue weighted by Crippen LogP contribution is 2.17. The number of amides is 1. The summed E-state index contributed by atoms with van der Waals surface area (Å²) in [6, 6.07) is 15.3. The second-order valence-electron chi connectivity index (χ2n) is 7.65. The Morgan fingerprint density at radius 3 is 2.30 bits per heavy atom. The maximum absolute atomic E-state index is 12.8. The molecule has 1 amide bonds. The zero-order chi connectivity index (χ0) is 24.4. The van der Waals surface area contributed by atoms with Gasteiger partial charge in [-0.25, -0.2) is 0 Å². The molecule has 0 fully saturated rings. The summed E-state index contributed by atoms with van der Waals surface area (Å²) in [5.74, 6) is -2.17. The van der Waals surface area contributed by atoms with Crippen LogP contribution in [0.25, 0.3) is 0 Å². The van der Waals surface area contributed by atoms with Gasteiger partial charge < -0.3 is 10.1 Å². The maximum atomic E-state index is 12.8. The van der Waals surface area contributed by atoms with E-state index >= 15 is 0 Å². The molecule has 2 atom stereocenters. The van der Waals surface area contributed by atoms with E-state index in [4.69, 9.17) is 9.02 Å². The zero-order valence-corrected chi connectivity index (χ0v) is 20.1. The molecule has 0 aliphatic heterocycles. The molecule has 0 aromatic heterocycles. The molecule has 33 heavy (non-hydrogen) atoms. The highest BCUT2D eigenvalue weighted by molar-refractivity contribution is 7.86. The lowest BCUT2D eigenvalue weighted by atomic mass is 9.99. The summed E-state index contributed by atoms with van der Waals surface area (Å²) >= 11 is 0. The smallest absolute Gasteiger partial charge is 0.358 e. The summed E-state index contributed by atoms with van der Waals surface area (Å²) < 4.78 is 34.4. The molecule has 1 N–H and O–H groups in total. The second kappa shape index (κ2) is 12.2. The van der Waals surface area contributed by atoms with E-state index in [1.807, 2.05) is 44.2 Å². The van der Waals surface area contributed by atoms with Gasteiger partial charge in [0.2, 0.25) is 5.91 Å². The van der Waals surface area contributed by atoms with Gasteiger partial charge in [-0.15, -0.1) is 0 Å². The van der Waals surface area contributed by atoms with E-state index in [-0.39, 0.29) is 30.4 Å². The first-order valence-electron chi connectivity index (χ1n) is 10.7. The Bertz CT molecular complexity index is 1070. The first kappa shape index (κ1) is 26.1. The first-order chi connectivity index (χ1) is 15.6. The van der Waals surface area contributed by atoms with Gasteiger partial charge in [0, 0.05) is 0 Å². The van der Waals surface area contributed by atoms with E-state index in [0.717, 1.165) is 11.1 Å². The second-order valence-corrected chi connectivity index (χ2v) is 9.18. The predicted octanol–water partition coefficient (Wildman–Crippen LogP) is 3.91. The highest BCUT2D eigenvalue weighted by Gasteiger charge is 2.29. The first-order valence-corrected chi connectivity index (χ1v) is 12.1. The SMILES string of the molecule is CCOC(=O)C(CC/C(C)=N/OS(=O)(=O)c1ccc(C)cc1)C(=O)N[C@@H](C)c1ccccc1. The molecular weight excluding hydrogens is 444 g/mol. The van der Waals surface area contributed by atoms with Gasteiger partial charge in [-0.2, -0.15) is 8.42 Å². The Morgan fingerprint density at radius 1 is 1.06 bits per heavy atom. The number of esters is 1. The Labute approximate surface area is 195 Å². The van der Waals surface area contributed by atoms with Crippen molar-refractivity contribution in [3.63, 3.8) is 0 Å². The Hall–Kier alpha value is -3.20. The molecular formula is C24H30N2O6S. The third kappa shape index (κ3) is 8.02. The van der Waals surface area contributed by atoms with Crippen LogP contribution in [-0.4, -0.2) is 32.6 Å². The minimum absolute atomic E-state index is 0.0108. The van der Waals surface area contributed by atoms with Crippen LogP contribution in [-0.2, 0) is 28.7 Å². The summed E-state index contributed by atoms with van der Waals surface area (Å²) in [7, 11) is -4.06. The molecule has 1 unspecified atom stereocenters. The molecule has 9 heteroatoms. The van der Waals surface area contributed by atoms with Crippen LogP contribution in [0.4, 0.5) is 0 Å². The number of oxime groups is 1. The molecule has 0 heterocycles. The molecule has 2 aromatic carbocycles. The summed E-state index contributed by atoms with van der Waals surface area (Å²) in [6.07, 6.45) is 0.259. The third-order valence-corrected chi connectivity index (χ3v) is 6.06. The summed E-state index contributed by atoms with van der Waals surface area (Å²) in [4.78, 5) is 25.2. The van der Waals surface area contributed by atoms with Gasteiger partial charge in [0.15, 0.2) is 0 Å². The molecule has 0 saturated carbocycles. The molecule has 0 bridgehead atoms. The average Bonchev–Trinajstić information content (AvgIpc) is 2.79. The van der Waals surface area contributed by atoms with Gasteiger partial charge in [-0.3, -0.25) is 13.9 Å². The lowest BCUT2D eigenvalue weighted by Crippen LogP contribution is -2.38. The molecule has 0 radical (unpaired) electrons. The number of carbonyl (C=O) groups is 2. The van der Waals surface area contributed by atoms with E-state index in [2.05, 4.69) is 10.5 Å². The summed E-state index contributed by atoms with van der Waals surface area (Å²) in [6.45, 7) is 7.04. The van der Waals surface area contributed by atoms with E-state index in [1.54, 1.807) is 26.0 Å². The topological polar surface area (TPSA) is 111 Å².